The summed E-state index contributed by atoms with van der Waals surface area (Å²) in [5, 5.41) is 2.77. The molecule has 1 aromatic heterocycles. The lowest BCUT2D eigenvalue weighted by Gasteiger charge is -2.23. The molecule has 1 amide bonds. The number of nitrogens with zero attached hydrogens (tertiary/aromatic N) is 3. The van der Waals surface area contributed by atoms with Crippen LogP contribution in [0, 0.1) is 6.92 Å². The summed E-state index contributed by atoms with van der Waals surface area (Å²) in [6, 6.07) is 21.7. The van der Waals surface area contributed by atoms with Crippen molar-refractivity contribution in [2.45, 2.75) is 13.5 Å². The zero-order valence-electron chi connectivity index (χ0n) is 15.3. The average Bonchev–Trinajstić information content (AvgIpc) is 2.71. The Bertz CT molecular complexity index is 910. The molecule has 2 aromatic carbocycles. The quantitative estimate of drug-likeness (QED) is 0.648. The Balaban J connectivity index is 2.00. The smallest absolute Gasteiger partial charge is 0.270 e. The lowest BCUT2D eigenvalue weighted by molar-refractivity contribution is 0.0953. The van der Waals surface area contributed by atoms with E-state index in [0.717, 1.165) is 16.9 Å². The third-order valence-corrected chi connectivity index (χ3v) is 3.97. The summed E-state index contributed by atoms with van der Waals surface area (Å²) in [7, 11) is 0. The fraction of sp³-hybridized carbons (Fsp3) is 0.136. The molecule has 0 aliphatic rings. The van der Waals surface area contributed by atoms with Crippen molar-refractivity contribution in [3.63, 3.8) is 0 Å². The monoisotopic (exact) mass is 358 g/mol. The first-order chi connectivity index (χ1) is 13.2. The summed E-state index contributed by atoms with van der Waals surface area (Å²) in [4.78, 5) is 23.5. The van der Waals surface area contributed by atoms with Crippen molar-refractivity contribution in [2.75, 3.05) is 11.4 Å². The minimum atomic E-state index is -0.241. The van der Waals surface area contributed by atoms with Gasteiger partial charge in [-0.2, -0.15) is 0 Å². The van der Waals surface area contributed by atoms with Gasteiger partial charge in [-0.05, 0) is 30.7 Å². The molecule has 5 nitrogen and oxygen atoms in total. The third-order valence-electron chi connectivity index (χ3n) is 3.97. The predicted molar refractivity (Wildman–Crippen MR) is 108 cm³/mol. The van der Waals surface area contributed by atoms with Crippen LogP contribution in [-0.4, -0.2) is 22.4 Å². The third kappa shape index (κ3) is 4.79. The number of amides is 1. The van der Waals surface area contributed by atoms with Crippen molar-refractivity contribution < 1.29 is 4.79 Å². The molecule has 5 heteroatoms. The second-order valence-corrected chi connectivity index (χ2v) is 6.10. The molecule has 0 spiro atoms. The molecule has 0 saturated heterocycles. The fourth-order valence-electron chi connectivity index (χ4n) is 2.70. The molecule has 0 fully saturated rings. The number of hydrogen-bond donors (Lipinski definition) is 1. The Hall–Kier alpha value is -3.47. The maximum Gasteiger partial charge on any atom is 0.270 e. The van der Waals surface area contributed by atoms with Crippen LogP contribution in [0.2, 0.25) is 0 Å². The molecule has 27 heavy (non-hydrogen) atoms. The van der Waals surface area contributed by atoms with E-state index >= 15 is 0 Å². The standard InChI is InChI=1S/C22H22N4O/c1-3-14-23-21(27)20-15-17(2)24-22(25-20)26(19-12-8-5-9-13-19)16-18-10-6-4-7-11-18/h3-13,15H,1,14,16H2,2H3,(H,23,27). The van der Waals surface area contributed by atoms with Gasteiger partial charge in [0, 0.05) is 17.9 Å². The Morgan fingerprint density at radius 2 is 1.74 bits per heavy atom. The molecule has 0 saturated carbocycles. The van der Waals surface area contributed by atoms with Crippen LogP contribution in [0.15, 0.2) is 79.4 Å². The first-order valence-corrected chi connectivity index (χ1v) is 8.78. The summed E-state index contributed by atoms with van der Waals surface area (Å²) in [5.74, 6) is 0.253. The molecule has 136 valence electrons. The Labute approximate surface area is 159 Å². The van der Waals surface area contributed by atoms with E-state index in [1.54, 1.807) is 12.1 Å². The van der Waals surface area contributed by atoms with E-state index in [1.165, 1.54) is 0 Å². The van der Waals surface area contributed by atoms with E-state index in [-0.39, 0.29) is 5.91 Å². The van der Waals surface area contributed by atoms with E-state index in [0.29, 0.717) is 24.7 Å². The number of rotatable bonds is 7. The predicted octanol–water partition coefficient (Wildman–Crippen LogP) is 4.04. The van der Waals surface area contributed by atoms with Crippen LogP contribution >= 0.6 is 0 Å². The van der Waals surface area contributed by atoms with Crippen LogP contribution in [0.4, 0.5) is 11.6 Å². The largest absolute Gasteiger partial charge is 0.347 e. The summed E-state index contributed by atoms with van der Waals surface area (Å²) in [6.45, 7) is 6.47. The van der Waals surface area contributed by atoms with Gasteiger partial charge < -0.3 is 10.2 Å². The number of anilines is 2. The van der Waals surface area contributed by atoms with E-state index in [4.69, 9.17) is 0 Å². The van der Waals surface area contributed by atoms with E-state index in [2.05, 4.69) is 34.0 Å². The highest BCUT2D eigenvalue weighted by atomic mass is 16.1. The number of nitrogens with one attached hydrogen (secondary N) is 1. The molecule has 3 aromatic rings. The maximum atomic E-state index is 12.4. The van der Waals surface area contributed by atoms with Crippen LogP contribution in [-0.2, 0) is 6.54 Å². The lowest BCUT2D eigenvalue weighted by Crippen LogP contribution is -2.26. The van der Waals surface area contributed by atoms with Gasteiger partial charge in [0.2, 0.25) is 5.95 Å². The normalized spacial score (nSPS) is 10.3. The summed E-state index contributed by atoms with van der Waals surface area (Å²) in [5.41, 5.74) is 3.17. The number of para-hydroxylation sites is 1. The molecule has 0 atom stereocenters. The Morgan fingerprint density at radius 3 is 2.41 bits per heavy atom. The van der Waals surface area contributed by atoms with Crippen molar-refractivity contribution in [1.82, 2.24) is 15.3 Å². The van der Waals surface area contributed by atoms with Gasteiger partial charge in [0.05, 0.1) is 6.54 Å². The Morgan fingerprint density at radius 1 is 1.07 bits per heavy atom. The maximum absolute atomic E-state index is 12.4. The molecule has 0 aliphatic heterocycles. The van der Waals surface area contributed by atoms with Crippen LogP contribution in [0.25, 0.3) is 0 Å². The number of aryl methyl sites for hydroxylation is 1. The molecular formula is C22H22N4O. The van der Waals surface area contributed by atoms with Crippen molar-refractivity contribution in [3.8, 4) is 0 Å². The minimum absolute atomic E-state index is 0.241. The van der Waals surface area contributed by atoms with Gasteiger partial charge in [-0.3, -0.25) is 4.79 Å². The number of carbonyl (C=O) groups is 1. The summed E-state index contributed by atoms with van der Waals surface area (Å²) < 4.78 is 0. The van der Waals surface area contributed by atoms with E-state index in [1.807, 2.05) is 60.4 Å². The van der Waals surface area contributed by atoms with Crippen molar-refractivity contribution in [3.05, 3.63) is 96.3 Å². The van der Waals surface area contributed by atoms with Gasteiger partial charge in [-0.25, -0.2) is 9.97 Å². The van der Waals surface area contributed by atoms with Crippen LogP contribution < -0.4 is 10.2 Å². The molecule has 0 unspecified atom stereocenters. The van der Waals surface area contributed by atoms with Gasteiger partial charge in [-0.1, -0.05) is 54.6 Å². The van der Waals surface area contributed by atoms with Crippen LogP contribution in [0.5, 0.6) is 0 Å². The molecule has 3 rings (SSSR count). The van der Waals surface area contributed by atoms with Crippen molar-refractivity contribution in [2.24, 2.45) is 0 Å². The van der Waals surface area contributed by atoms with Crippen LogP contribution in [0.1, 0.15) is 21.7 Å². The molecule has 1 heterocycles. The van der Waals surface area contributed by atoms with Gasteiger partial charge in [0.15, 0.2) is 0 Å². The molecule has 0 bridgehead atoms. The first kappa shape index (κ1) is 18.3. The van der Waals surface area contributed by atoms with E-state index in [9.17, 15) is 4.79 Å². The molecule has 0 radical (unpaired) electrons. The SMILES string of the molecule is C=CCNC(=O)c1cc(C)nc(N(Cc2ccccc2)c2ccccc2)n1. The fourth-order valence-corrected chi connectivity index (χ4v) is 2.70. The van der Waals surface area contributed by atoms with Crippen LogP contribution in [0.3, 0.4) is 0 Å². The van der Waals surface area contributed by atoms with Gasteiger partial charge in [-0.15, -0.1) is 6.58 Å². The summed E-state index contributed by atoms with van der Waals surface area (Å²) in [6.07, 6.45) is 1.64. The van der Waals surface area contributed by atoms with Gasteiger partial charge in [0.25, 0.3) is 5.91 Å². The van der Waals surface area contributed by atoms with Crippen molar-refractivity contribution >= 4 is 17.5 Å². The number of carbonyl (C=O) groups excluding carboxylic acids is 1. The van der Waals surface area contributed by atoms with E-state index < -0.39 is 0 Å². The first-order valence-electron chi connectivity index (χ1n) is 8.78. The highest BCUT2D eigenvalue weighted by Gasteiger charge is 2.17. The number of benzene rings is 2. The summed E-state index contributed by atoms with van der Waals surface area (Å²) >= 11 is 0. The molecular weight excluding hydrogens is 336 g/mol. The average molecular weight is 358 g/mol. The number of hydrogen-bond acceptors (Lipinski definition) is 4. The topological polar surface area (TPSA) is 58.1 Å². The van der Waals surface area contributed by atoms with Crippen molar-refractivity contribution in [1.29, 1.82) is 0 Å². The minimum Gasteiger partial charge on any atom is -0.347 e. The lowest BCUT2D eigenvalue weighted by atomic mass is 10.2. The van der Waals surface area contributed by atoms with Gasteiger partial charge in [0.1, 0.15) is 5.69 Å². The second kappa shape index (κ2) is 8.76. The molecule has 0 aliphatic carbocycles. The van der Waals surface area contributed by atoms with Gasteiger partial charge >= 0.3 is 0 Å². The Kier molecular flexibility index (Phi) is 5.94. The highest BCUT2D eigenvalue weighted by Crippen LogP contribution is 2.25. The number of aromatic nitrogens is 2. The highest BCUT2D eigenvalue weighted by molar-refractivity contribution is 5.92. The second-order valence-electron chi connectivity index (χ2n) is 6.10. The zero-order chi connectivity index (χ0) is 19.1. The molecule has 1 N–H and O–H groups in total. The zero-order valence-corrected chi connectivity index (χ0v) is 15.3.